The Bertz CT molecular complexity index is 403. The Kier molecular flexibility index (Phi) is 2.78. The second kappa shape index (κ2) is 4.09. The topological polar surface area (TPSA) is 90.2 Å². The highest BCUT2D eigenvalue weighted by molar-refractivity contribution is 5.40. The summed E-state index contributed by atoms with van der Waals surface area (Å²) >= 11 is 0. The maximum Gasteiger partial charge on any atom is 0.344 e. The number of hydrogen-bond acceptors (Lipinski definition) is 5. The van der Waals surface area contributed by atoms with Gasteiger partial charge < -0.3 is 20.7 Å². The molecule has 0 bridgehead atoms. The molecule has 0 aliphatic carbocycles. The van der Waals surface area contributed by atoms with Gasteiger partial charge in [0, 0.05) is 19.1 Å². The van der Waals surface area contributed by atoms with Crippen LogP contribution in [0.15, 0.2) is 6.20 Å². The van der Waals surface area contributed by atoms with Gasteiger partial charge in [0.05, 0.1) is 7.05 Å². The first-order valence-electron chi connectivity index (χ1n) is 5.28. The summed E-state index contributed by atoms with van der Waals surface area (Å²) in [5, 5.41) is 10.7. The minimum atomic E-state index is -0.427. The van der Waals surface area contributed by atoms with Gasteiger partial charge in [-0.3, -0.25) is 0 Å². The fourth-order valence-corrected chi connectivity index (χ4v) is 2.17. The van der Waals surface area contributed by atoms with Crippen LogP contribution in [0.4, 0.5) is 11.8 Å². The number of rotatable bonds is 3. The van der Waals surface area contributed by atoms with Crippen molar-refractivity contribution in [2.24, 2.45) is 12.8 Å². The normalized spacial score (nSPS) is 20.4. The lowest BCUT2D eigenvalue weighted by Crippen LogP contribution is -2.36. The molecule has 2 heterocycles. The van der Waals surface area contributed by atoms with Crippen molar-refractivity contribution in [3.05, 3.63) is 16.3 Å². The molecule has 1 atom stereocenters. The molecule has 0 amide bonds. The van der Waals surface area contributed by atoms with Crippen molar-refractivity contribution >= 4 is 11.8 Å². The van der Waals surface area contributed by atoms with Gasteiger partial charge in [-0.1, -0.05) is 0 Å². The predicted molar refractivity (Wildman–Crippen MR) is 59.3 cm³/mol. The van der Waals surface area contributed by atoms with Crippen LogP contribution in [-0.2, 0) is 7.05 Å². The number of anilines is 1. The van der Waals surface area contributed by atoms with Crippen molar-refractivity contribution in [2.45, 2.75) is 18.9 Å². The summed E-state index contributed by atoms with van der Waals surface area (Å²) < 4.78 is 1.51. The van der Waals surface area contributed by atoms with Gasteiger partial charge in [-0.05, 0) is 17.8 Å². The van der Waals surface area contributed by atoms with Crippen LogP contribution in [0.2, 0.25) is 0 Å². The molecule has 0 aromatic carbocycles. The van der Waals surface area contributed by atoms with Crippen molar-refractivity contribution in [1.82, 2.24) is 9.55 Å². The lowest BCUT2D eigenvalue weighted by molar-refractivity contribution is -0.391. The summed E-state index contributed by atoms with van der Waals surface area (Å²) in [6, 6.07) is 0.251. The third kappa shape index (κ3) is 1.63. The maximum absolute atomic E-state index is 10.7. The van der Waals surface area contributed by atoms with Crippen LogP contribution in [0.3, 0.4) is 0 Å². The van der Waals surface area contributed by atoms with Crippen molar-refractivity contribution in [3.8, 4) is 0 Å². The molecule has 0 spiro atoms. The molecule has 1 aliphatic rings. The molecule has 7 heteroatoms. The Morgan fingerprint density at radius 2 is 2.50 bits per heavy atom. The number of aromatic nitrogens is 2. The number of nitro groups is 1. The highest BCUT2D eigenvalue weighted by atomic mass is 16.6. The highest BCUT2D eigenvalue weighted by Crippen LogP contribution is 2.26. The van der Waals surface area contributed by atoms with Crippen LogP contribution in [0.1, 0.15) is 12.8 Å². The first-order chi connectivity index (χ1) is 7.65. The smallest absolute Gasteiger partial charge is 0.344 e. The third-order valence-electron chi connectivity index (χ3n) is 3.03. The first kappa shape index (κ1) is 10.9. The standard InChI is InChI=1S/C9H15N5O2/c1-12-8(14(15)16)6-11-9(12)13-4-2-3-7(13)5-10/h6-7H,2-5,10H2,1H3. The zero-order valence-corrected chi connectivity index (χ0v) is 9.17. The molecule has 1 fully saturated rings. The lowest BCUT2D eigenvalue weighted by atomic mass is 10.2. The van der Waals surface area contributed by atoms with E-state index in [0.717, 1.165) is 19.4 Å². The van der Waals surface area contributed by atoms with Crippen LogP contribution in [0.5, 0.6) is 0 Å². The van der Waals surface area contributed by atoms with Crippen LogP contribution < -0.4 is 10.6 Å². The van der Waals surface area contributed by atoms with E-state index < -0.39 is 4.92 Å². The van der Waals surface area contributed by atoms with Gasteiger partial charge in [0.1, 0.15) is 6.20 Å². The van der Waals surface area contributed by atoms with Gasteiger partial charge >= 0.3 is 5.82 Å². The fraction of sp³-hybridized carbons (Fsp3) is 0.667. The van der Waals surface area contributed by atoms with E-state index in [0.29, 0.717) is 12.5 Å². The Hall–Kier alpha value is -1.63. The minimum Gasteiger partial charge on any atom is -0.358 e. The molecule has 88 valence electrons. The molecule has 1 aromatic heterocycles. The Morgan fingerprint density at radius 1 is 1.75 bits per heavy atom. The zero-order chi connectivity index (χ0) is 11.7. The number of hydrogen-bond donors (Lipinski definition) is 1. The molecule has 2 rings (SSSR count). The van der Waals surface area contributed by atoms with E-state index in [9.17, 15) is 10.1 Å². The predicted octanol–water partition coefficient (Wildman–Crippen LogP) is 0.256. The number of nitrogens with two attached hydrogens (primary N) is 1. The molecule has 1 unspecified atom stereocenters. The molecule has 0 saturated carbocycles. The molecule has 7 nitrogen and oxygen atoms in total. The largest absolute Gasteiger partial charge is 0.358 e. The molecular formula is C9H15N5O2. The van der Waals surface area contributed by atoms with Gasteiger partial charge in [0.15, 0.2) is 0 Å². The second-order valence-electron chi connectivity index (χ2n) is 3.96. The van der Waals surface area contributed by atoms with E-state index in [-0.39, 0.29) is 11.9 Å². The monoisotopic (exact) mass is 225 g/mol. The quantitative estimate of drug-likeness (QED) is 0.588. The molecular weight excluding hydrogens is 210 g/mol. The Labute approximate surface area is 93.0 Å². The van der Waals surface area contributed by atoms with Crippen LogP contribution >= 0.6 is 0 Å². The van der Waals surface area contributed by atoms with E-state index in [4.69, 9.17) is 5.73 Å². The van der Waals surface area contributed by atoms with Crippen LogP contribution in [0, 0.1) is 10.1 Å². The van der Waals surface area contributed by atoms with Gasteiger partial charge in [-0.15, -0.1) is 0 Å². The summed E-state index contributed by atoms with van der Waals surface area (Å²) in [7, 11) is 1.66. The summed E-state index contributed by atoms with van der Waals surface area (Å²) in [4.78, 5) is 16.4. The minimum absolute atomic E-state index is 0.0117. The molecule has 2 N–H and O–H groups in total. The van der Waals surface area contributed by atoms with Crippen molar-refractivity contribution in [2.75, 3.05) is 18.0 Å². The number of imidazole rings is 1. The van der Waals surface area contributed by atoms with Crippen molar-refractivity contribution in [3.63, 3.8) is 0 Å². The van der Waals surface area contributed by atoms with Crippen LogP contribution in [0.25, 0.3) is 0 Å². The van der Waals surface area contributed by atoms with E-state index in [1.54, 1.807) is 7.05 Å². The Balaban J connectivity index is 2.30. The number of nitrogens with zero attached hydrogens (tertiary/aromatic N) is 4. The molecule has 16 heavy (non-hydrogen) atoms. The molecule has 0 radical (unpaired) electrons. The first-order valence-corrected chi connectivity index (χ1v) is 5.28. The molecule has 1 aromatic rings. The summed E-state index contributed by atoms with van der Waals surface area (Å²) in [5.41, 5.74) is 5.67. The SMILES string of the molecule is Cn1c([N+](=O)[O-])cnc1N1CCCC1CN. The summed E-state index contributed by atoms with van der Waals surface area (Å²) in [5.74, 6) is 0.650. The maximum atomic E-state index is 10.7. The average molecular weight is 225 g/mol. The van der Waals surface area contributed by atoms with Crippen molar-refractivity contribution < 1.29 is 4.92 Å². The Morgan fingerprint density at radius 3 is 3.06 bits per heavy atom. The average Bonchev–Trinajstić information content (AvgIpc) is 2.82. The highest BCUT2D eigenvalue weighted by Gasteiger charge is 2.30. The summed E-state index contributed by atoms with van der Waals surface area (Å²) in [6.07, 6.45) is 3.38. The van der Waals surface area contributed by atoms with Gasteiger partial charge in [-0.2, -0.15) is 9.55 Å². The third-order valence-corrected chi connectivity index (χ3v) is 3.03. The van der Waals surface area contributed by atoms with E-state index in [1.807, 2.05) is 4.90 Å². The van der Waals surface area contributed by atoms with Crippen molar-refractivity contribution in [1.29, 1.82) is 0 Å². The zero-order valence-electron chi connectivity index (χ0n) is 9.17. The summed E-state index contributed by atoms with van der Waals surface area (Å²) in [6.45, 7) is 1.42. The lowest BCUT2D eigenvalue weighted by Gasteiger charge is -2.21. The van der Waals surface area contributed by atoms with E-state index in [2.05, 4.69) is 4.98 Å². The fourth-order valence-electron chi connectivity index (χ4n) is 2.17. The van der Waals surface area contributed by atoms with E-state index >= 15 is 0 Å². The van der Waals surface area contributed by atoms with Crippen LogP contribution in [-0.4, -0.2) is 33.6 Å². The molecule has 1 aliphatic heterocycles. The van der Waals surface area contributed by atoms with Gasteiger partial charge in [0.25, 0.3) is 5.95 Å². The van der Waals surface area contributed by atoms with Gasteiger partial charge in [-0.25, -0.2) is 0 Å². The molecule has 1 saturated heterocycles. The van der Waals surface area contributed by atoms with E-state index in [1.165, 1.54) is 10.8 Å². The second-order valence-corrected chi connectivity index (χ2v) is 3.96. The van der Waals surface area contributed by atoms with Gasteiger partial charge in [0.2, 0.25) is 0 Å².